The molecule has 4 aromatic rings. The number of aromatic nitrogens is 5. The number of sulfonamides is 1. The fraction of sp³-hybridized carbons (Fsp3) is 0.346. The van der Waals surface area contributed by atoms with Gasteiger partial charge < -0.3 is 5.32 Å². The molecule has 4 heterocycles. The third-order valence-corrected chi connectivity index (χ3v) is 9.97. The Kier molecular flexibility index (Phi) is 5.25. The summed E-state index contributed by atoms with van der Waals surface area (Å²) in [4.78, 5) is 26.8. The summed E-state index contributed by atoms with van der Waals surface area (Å²) in [6.07, 6.45) is 10.3. The fourth-order valence-electron chi connectivity index (χ4n) is 5.62. The van der Waals surface area contributed by atoms with E-state index in [1.165, 1.54) is 6.33 Å². The van der Waals surface area contributed by atoms with Gasteiger partial charge in [0.1, 0.15) is 18.0 Å². The Morgan fingerprint density at radius 3 is 2.58 bits per heavy atom. The second-order valence-corrected chi connectivity index (χ2v) is 12.9. The molecule has 1 amide bonds. The van der Waals surface area contributed by atoms with Crippen molar-refractivity contribution in [2.24, 2.45) is 11.8 Å². The number of carbonyl (C=O) groups is 1. The van der Waals surface area contributed by atoms with E-state index in [9.17, 15) is 13.2 Å². The van der Waals surface area contributed by atoms with Crippen LogP contribution in [0.1, 0.15) is 37.8 Å². The third-order valence-electron chi connectivity index (χ3n) is 7.89. The van der Waals surface area contributed by atoms with Crippen molar-refractivity contribution in [2.45, 2.75) is 42.8 Å². The summed E-state index contributed by atoms with van der Waals surface area (Å²) in [5, 5.41) is 7.59. The SMILES string of the molecule is O=C(Nc1ccc(-c2cnn3ccc(Cl)cc23)cn1)C1(c2cc(NS(=O)(=O)C3CC3)ncn2)CC2CC2C1. The van der Waals surface area contributed by atoms with Crippen LogP contribution < -0.4 is 10.0 Å². The molecule has 3 saturated carbocycles. The molecule has 0 aliphatic heterocycles. The molecule has 38 heavy (non-hydrogen) atoms. The first-order valence-electron chi connectivity index (χ1n) is 12.6. The molecule has 194 valence electrons. The maximum Gasteiger partial charge on any atom is 0.237 e. The fourth-order valence-corrected chi connectivity index (χ4v) is 7.11. The van der Waals surface area contributed by atoms with E-state index >= 15 is 0 Å². The van der Waals surface area contributed by atoms with Crippen molar-refractivity contribution in [1.29, 1.82) is 0 Å². The van der Waals surface area contributed by atoms with E-state index in [0.29, 0.717) is 54.1 Å². The predicted octanol–water partition coefficient (Wildman–Crippen LogP) is 4.05. The van der Waals surface area contributed by atoms with Gasteiger partial charge in [-0.2, -0.15) is 5.10 Å². The lowest BCUT2D eigenvalue weighted by Gasteiger charge is -2.29. The van der Waals surface area contributed by atoms with Crippen molar-refractivity contribution in [1.82, 2.24) is 24.6 Å². The van der Waals surface area contributed by atoms with Crippen LogP contribution in [0.3, 0.4) is 0 Å². The number of hydrogen-bond donors (Lipinski definition) is 2. The largest absolute Gasteiger partial charge is 0.310 e. The minimum atomic E-state index is -3.47. The minimum Gasteiger partial charge on any atom is -0.310 e. The van der Waals surface area contributed by atoms with Crippen molar-refractivity contribution in [3.63, 3.8) is 0 Å². The normalized spacial score (nSPS) is 24.2. The topological polar surface area (TPSA) is 131 Å². The van der Waals surface area contributed by atoms with Crippen LogP contribution in [-0.2, 0) is 20.2 Å². The lowest BCUT2D eigenvalue weighted by Crippen LogP contribution is -2.40. The van der Waals surface area contributed by atoms with Gasteiger partial charge in [0, 0.05) is 34.6 Å². The zero-order chi connectivity index (χ0) is 26.1. The highest BCUT2D eigenvalue weighted by molar-refractivity contribution is 7.93. The van der Waals surface area contributed by atoms with Crippen LogP contribution in [0.15, 0.2) is 55.2 Å². The minimum absolute atomic E-state index is 0.192. The average Bonchev–Trinajstić information content (AvgIpc) is 3.82. The summed E-state index contributed by atoms with van der Waals surface area (Å²) in [7, 11) is -3.47. The molecule has 2 unspecified atom stereocenters. The highest BCUT2D eigenvalue weighted by Crippen LogP contribution is 2.60. The van der Waals surface area contributed by atoms with Crippen LogP contribution in [0, 0.1) is 11.8 Å². The number of rotatable bonds is 7. The number of hydrogen-bond acceptors (Lipinski definition) is 7. The van der Waals surface area contributed by atoms with Gasteiger partial charge in [0.25, 0.3) is 0 Å². The summed E-state index contributed by atoms with van der Waals surface area (Å²) in [5.41, 5.74) is 2.26. The molecule has 10 nitrogen and oxygen atoms in total. The van der Waals surface area contributed by atoms with Crippen molar-refractivity contribution >= 4 is 44.7 Å². The maximum absolute atomic E-state index is 13.8. The van der Waals surface area contributed by atoms with Crippen LogP contribution in [0.25, 0.3) is 16.6 Å². The summed E-state index contributed by atoms with van der Waals surface area (Å²) in [6.45, 7) is 0. The van der Waals surface area contributed by atoms with E-state index in [4.69, 9.17) is 11.6 Å². The number of nitrogens with zero attached hydrogens (tertiary/aromatic N) is 5. The lowest BCUT2D eigenvalue weighted by molar-refractivity contribution is -0.122. The zero-order valence-electron chi connectivity index (χ0n) is 20.2. The molecule has 0 radical (unpaired) electrons. The van der Waals surface area contributed by atoms with E-state index in [0.717, 1.165) is 23.1 Å². The Morgan fingerprint density at radius 2 is 1.84 bits per heavy atom. The molecule has 2 atom stereocenters. The summed E-state index contributed by atoms with van der Waals surface area (Å²) >= 11 is 6.17. The Morgan fingerprint density at radius 1 is 1.03 bits per heavy atom. The van der Waals surface area contributed by atoms with Crippen LogP contribution in [0.5, 0.6) is 0 Å². The molecule has 3 fully saturated rings. The van der Waals surface area contributed by atoms with Gasteiger partial charge in [-0.25, -0.2) is 27.9 Å². The molecule has 7 rings (SSSR count). The Hall–Kier alpha value is -3.57. The summed E-state index contributed by atoms with van der Waals surface area (Å²) in [6, 6.07) is 8.87. The lowest BCUT2D eigenvalue weighted by atomic mass is 9.78. The van der Waals surface area contributed by atoms with Crippen molar-refractivity contribution in [2.75, 3.05) is 10.0 Å². The second kappa shape index (κ2) is 8.47. The first-order chi connectivity index (χ1) is 18.3. The van der Waals surface area contributed by atoms with E-state index < -0.39 is 15.4 Å². The first-order valence-corrected chi connectivity index (χ1v) is 14.5. The van der Waals surface area contributed by atoms with Gasteiger partial charge in [-0.1, -0.05) is 11.6 Å². The van der Waals surface area contributed by atoms with Gasteiger partial charge in [-0.15, -0.1) is 0 Å². The van der Waals surface area contributed by atoms with Crippen molar-refractivity contribution in [3.8, 4) is 11.1 Å². The molecule has 0 spiro atoms. The number of carbonyl (C=O) groups excluding carboxylic acids is 1. The highest BCUT2D eigenvalue weighted by atomic mass is 35.5. The van der Waals surface area contributed by atoms with Crippen LogP contribution in [0.2, 0.25) is 5.02 Å². The van der Waals surface area contributed by atoms with Gasteiger partial charge in [0.2, 0.25) is 15.9 Å². The maximum atomic E-state index is 13.8. The molecule has 4 aromatic heterocycles. The Bertz CT molecular complexity index is 1670. The standard InChI is InChI=1S/C26H24ClN7O3S/c27-18-5-6-34-21(8-18)20(13-31-34)15-1-4-23(28-12-15)32-25(35)26(10-16-7-17(16)11-26)22-9-24(30-14-29-22)33-38(36,37)19-2-3-19/h1,4-6,8-9,12-14,16-17,19H,2-3,7,10-11H2,(H,28,32,35)(H,29,30,33). The van der Waals surface area contributed by atoms with Gasteiger partial charge in [0.05, 0.1) is 28.1 Å². The number of pyridine rings is 2. The number of halogens is 1. The molecule has 0 bridgehead atoms. The zero-order valence-corrected chi connectivity index (χ0v) is 21.8. The van der Waals surface area contributed by atoms with E-state index in [1.54, 1.807) is 41.3 Å². The number of nitrogens with one attached hydrogen (secondary N) is 2. The van der Waals surface area contributed by atoms with Crippen LogP contribution in [-0.4, -0.2) is 44.1 Å². The Labute approximate surface area is 223 Å². The van der Waals surface area contributed by atoms with E-state index in [1.807, 2.05) is 12.1 Å². The van der Waals surface area contributed by atoms with Crippen LogP contribution in [0.4, 0.5) is 11.6 Å². The molecule has 0 aromatic carbocycles. The van der Waals surface area contributed by atoms with Crippen molar-refractivity contribution in [3.05, 3.63) is 66.0 Å². The quantitative estimate of drug-likeness (QED) is 0.355. The number of anilines is 2. The molecule has 3 aliphatic rings. The van der Waals surface area contributed by atoms with Gasteiger partial charge in [0.15, 0.2) is 0 Å². The summed E-state index contributed by atoms with van der Waals surface area (Å²) in [5.74, 6) is 1.38. The number of amides is 1. The Balaban J connectivity index is 1.15. The summed E-state index contributed by atoms with van der Waals surface area (Å²) < 4.78 is 29.2. The predicted molar refractivity (Wildman–Crippen MR) is 142 cm³/mol. The van der Waals surface area contributed by atoms with Crippen LogP contribution >= 0.6 is 11.6 Å². The van der Waals surface area contributed by atoms with E-state index in [-0.39, 0.29) is 17.0 Å². The second-order valence-electron chi connectivity index (χ2n) is 10.5. The molecule has 0 saturated heterocycles. The third kappa shape index (κ3) is 4.10. The van der Waals surface area contributed by atoms with E-state index in [2.05, 4.69) is 30.1 Å². The van der Waals surface area contributed by atoms with Gasteiger partial charge >= 0.3 is 0 Å². The molecule has 3 aliphatic carbocycles. The average molecular weight is 550 g/mol. The molecular weight excluding hydrogens is 526 g/mol. The monoisotopic (exact) mass is 549 g/mol. The molecular formula is C26H24ClN7O3S. The molecule has 2 N–H and O–H groups in total. The first kappa shape index (κ1) is 23.5. The highest BCUT2D eigenvalue weighted by Gasteiger charge is 2.59. The number of fused-ring (bicyclic) bond motifs is 2. The van der Waals surface area contributed by atoms with Crippen molar-refractivity contribution < 1.29 is 13.2 Å². The van der Waals surface area contributed by atoms with Gasteiger partial charge in [-0.3, -0.25) is 9.52 Å². The van der Waals surface area contributed by atoms with Gasteiger partial charge in [-0.05, 0) is 68.2 Å². The smallest absolute Gasteiger partial charge is 0.237 e. The molecule has 12 heteroatoms.